The van der Waals surface area contributed by atoms with Crippen molar-refractivity contribution >= 4 is 28.8 Å². The Bertz CT molecular complexity index is 734. The van der Waals surface area contributed by atoms with Crippen LogP contribution in [0.15, 0.2) is 42.5 Å². The summed E-state index contributed by atoms with van der Waals surface area (Å²) in [6, 6.07) is 10.4. The van der Waals surface area contributed by atoms with Gasteiger partial charge in [0.15, 0.2) is 0 Å². The molecule has 2 aromatic rings. The van der Waals surface area contributed by atoms with E-state index in [0.717, 1.165) is 16.7 Å². The molecular formula is C18H18Cl2O2. The summed E-state index contributed by atoms with van der Waals surface area (Å²) < 4.78 is 0. The SMILES string of the molecule is C/C(=C/C(C)(C)c1ccc(Cl)c(O)c1)c1ccc(Cl)c(O)c1. The molecule has 2 rings (SSSR count). The van der Waals surface area contributed by atoms with E-state index >= 15 is 0 Å². The summed E-state index contributed by atoms with van der Waals surface area (Å²) in [5.41, 5.74) is 2.55. The van der Waals surface area contributed by atoms with Crippen molar-refractivity contribution in [1.82, 2.24) is 0 Å². The molecule has 0 heterocycles. The van der Waals surface area contributed by atoms with Crippen molar-refractivity contribution in [2.75, 3.05) is 0 Å². The Morgan fingerprint density at radius 3 is 2.05 bits per heavy atom. The van der Waals surface area contributed by atoms with Gasteiger partial charge in [-0.3, -0.25) is 0 Å². The molecule has 0 amide bonds. The molecule has 0 radical (unpaired) electrons. The van der Waals surface area contributed by atoms with Crippen molar-refractivity contribution in [3.63, 3.8) is 0 Å². The van der Waals surface area contributed by atoms with Gasteiger partial charge in [0.25, 0.3) is 0 Å². The molecule has 4 heteroatoms. The van der Waals surface area contributed by atoms with Gasteiger partial charge >= 0.3 is 0 Å². The van der Waals surface area contributed by atoms with Crippen LogP contribution in [0.3, 0.4) is 0 Å². The topological polar surface area (TPSA) is 40.5 Å². The van der Waals surface area contributed by atoms with Gasteiger partial charge in [-0.25, -0.2) is 0 Å². The van der Waals surface area contributed by atoms with Crippen molar-refractivity contribution in [2.45, 2.75) is 26.2 Å². The molecule has 22 heavy (non-hydrogen) atoms. The number of aromatic hydroxyl groups is 2. The Hall–Kier alpha value is -1.64. The fraction of sp³-hybridized carbons (Fsp3) is 0.222. The van der Waals surface area contributed by atoms with E-state index in [-0.39, 0.29) is 16.9 Å². The van der Waals surface area contributed by atoms with Gasteiger partial charge in [0.2, 0.25) is 0 Å². The highest BCUT2D eigenvalue weighted by Crippen LogP contribution is 2.34. The minimum atomic E-state index is -0.304. The van der Waals surface area contributed by atoms with Crippen molar-refractivity contribution in [2.24, 2.45) is 0 Å². The summed E-state index contributed by atoms with van der Waals surface area (Å²) in [5.74, 6) is 0.135. The molecule has 0 fully saturated rings. The highest BCUT2D eigenvalue weighted by molar-refractivity contribution is 6.32. The molecule has 2 aromatic carbocycles. The second kappa shape index (κ2) is 6.23. The van der Waals surface area contributed by atoms with Gasteiger partial charge < -0.3 is 10.2 Å². The van der Waals surface area contributed by atoms with Crippen LogP contribution < -0.4 is 0 Å². The maximum absolute atomic E-state index is 9.78. The predicted octanol–water partition coefficient (Wildman–Crippen LogP) is 5.79. The second-order valence-corrected chi connectivity index (χ2v) is 6.70. The molecule has 0 bridgehead atoms. The van der Waals surface area contributed by atoms with E-state index in [1.54, 1.807) is 24.3 Å². The van der Waals surface area contributed by atoms with E-state index in [2.05, 4.69) is 19.9 Å². The van der Waals surface area contributed by atoms with Gasteiger partial charge in [-0.15, -0.1) is 0 Å². The first-order chi connectivity index (χ1) is 10.2. The maximum atomic E-state index is 9.78. The van der Waals surface area contributed by atoms with Crippen molar-refractivity contribution in [3.05, 3.63) is 63.6 Å². The average Bonchev–Trinajstić information content (AvgIpc) is 2.44. The second-order valence-electron chi connectivity index (χ2n) is 5.88. The number of allylic oxidation sites excluding steroid dienone is 2. The quantitative estimate of drug-likeness (QED) is 0.745. The van der Waals surface area contributed by atoms with Crippen LogP contribution in [0, 0.1) is 0 Å². The molecule has 0 atom stereocenters. The molecule has 0 aromatic heterocycles. The van der Waals surface area contributed by atoms with Crippen LogP contribution in [-0.2, 0) is 5.41 Å². The Morgan fingerprint density at radius 1 is 0.955 bits per heavy atom. The lowest BCUT2D eigenvalue weighted by molar-refractivity contribution is 0.473. The first-order valence-corrected chi connectivity index (χ1v) is 7.63. The van der Waals surface area contributed by atoms with E-state index in [1.165, 1.54) is 0 Å². The molecule has 0 saturated heterocycles. The molecule has 0 spiro atoms. The van der Waals surface area contributed by atoms with Crippen LogP contribution in [-0.4, -0.2) is 10.2 Å². The van der Waals surface area contributed by atoms with E-state index in [4.69, 9.17) is 23.2 Å². The zero-order valence-corrected chi connectivity index (χ0v) is 14.2. The number of halogens is 2. The molecule has 0 aliphatic heterocycles. The Morgan fingerprint density at radius 2 is 1.50 bits per heavy atom. The first-order valence-electron chi connectivity index (χ1n) is 6.88. The Labute approximate surface area is 140 Å². The van der Waals surface area contributed by atoms with Crippen LogP contribution in [0.1, 0.15) is 31.9 Å². The van der Waals surface area contributed by atoms with Crippen LogP contribution in [0.5, 0.6) is 11.5 Å². The monoisotopic (exact) mass is 336 g/mol. The van der Waals surface area contributed by atoms with E-state index < -0.39 is 0 Å². The van der Waals surface area contributed by atoms with Crippen molar-refractivity contribution < 1.29 is 10.2 Å². The Kier molecular flexibility index (Phi) is 4.74. The zero-order valence-electron chi connectivity index (χ0n) is 12.7. The highest BCUT2D eigenvalue weighted by Gasteiger charge is 2.19. The third-order valence-corrected chi connectivity index (χ3v) is 4.31. The Balaban J connectivity index is 2.39. The van der Waals surface area contributed by atoms with Gasteiger partial charge in [0.05, 0.1) is 10.0 Å². The van der Waals surface area contributed by atoms with Gasteiger partial charge in [0.1, 0.15) is 11.5 Å². The van der Waals surface area contributed by atoms with Gasteiger partial charge in [0, 0.05) is 5.41 Å². The van der Waals surface area contributed by atoms with E-state index in [1.807, 2.05) is 19.1 Å². The van der Waals surface area contributed by atoms with E-state index in [0.29, 0.717) is 10.0 Å². The maximum Gasteiger partial charge on any atom is 0.134 e. The molecule has 0 saturated carbocycles. The molecule has 2 nitrogen and oxygen atoms in total. The molecular weight excluding hydrogens is 319 g/mol. The number of benzene rings is 2. The molecule has 0 unspecified atom stereocenters. The molecule has 2 N–H and O–H groups in total. The molecule has 116 valence electrons. The number of hydrogen-bond donors (Lipinski definition) is 2. The lowest BCUT2D eigenvalue weighted by Gasteiger charge is -2.23. The summed E-state index contributed by atoms with van der Waals surface area (Å²) in [6.07, 6.45) is 2.08. The summed E-state index contributed by atoms with van der Waals surface area (Å²) in [5, 5.41) is 20.2. The summed E-state index contributed by atoms with van der Waals surface area (Å²) in [6.45, 7) is 6.07. The van der Waals surface area contributed by atoms with Crippen molar-refractivity contribution in [3.8, 4) is 11.5 Å². The first kappa shape index (κ1) is 16.7. The van der Waals surface area contributed by atoms with Crippen LogP contribution in [0.2, 0.25) is 10.0 Å². The summed E-state index contributed by atoms with van der Waals surface area (Å²) >= 11 is 11.7. The number of rotatable bonds is 3. The lowest BCUT2D eigenvalue weighted by Crippen LogP contribution is -2.14. The fourth-order valence-electron chi connectivity index (χ4n) is 2.38. The van der Waals surface area contributed by atoms with E-state index in [9.17, 15) is 10.2 Å². The number of phenols is 2. The fourth-order valence-corrected chi connectivity index (χ4v) is 2.61. The smallest absolute Gasteiger partial charge is 0.134 e. The third kappa shape index (κ3) is 3.57. The van der Waals surface area contributed by atoms with Crippen LogP contribution >= 0.6 is 23.2 Å². The standard InChI is InChI=1S/C18H18Cl2O2/c1-11(12-4-6-14(19)16(21)8-12)10-18(2,3)13-5-7-15(20)17(22)9-13/h4-10,21-22H,1-3H3/b11-10-. The normalized spacial score (nSPS) is 12.5. The third-order valence-electron chi connectivity index (χ3n) is 3.67. The predicted molar refractivity (Wildman–Crippen MR) is 92.9 cm³/mol. The van der Waals surface area contributed by atoms with Gasteiger partial charge in [-0.05, 0) is 47.9 Å². The largest absolute Gasteiger partial charge is 0.506 e. The summed E-state index contributed by atoms with van der Waals surface area (Å²) in [7, 11) is 0. The number of phenolic OH excluding ortho intramolecular Hbond substituents is 2. The van der Waals surface area contributed by atoms with Crippen LogP contribution in [0.25, 0.3) is 5.57 Å². The zero-order chi connectivity index (χ0) is 16.5. The van der Waals surface area contributed by atoms with Gasteiger partial charge in [-0.2, -0.15) is 0 Å². The molecule has 0 aliphatic rings. The number of hydrogen-bond acceptors (Lipinski definition) is 2. The highest BCUT2D eigenvalue weighted by atomic mass is 35.5. The van der Waals surface area contributed by atoms with Crippen molar-refractivity contribution in [1.29, 1.82) is 0 Å². The lowest BCUT2D eigenvalue weighted by atomic mass is 9.82. The summed E-state index contributed by atoms with van der Waals surface area (Å²) in [4.78, 5) is 0. The minimum absolute atomic E-state index is 0.0638. The van der Waals surface area contributed by atoms with Crippen LogP contribution in [0.4, 0.5) is 0 Å². The minimum Gasteiger partial charge on any atom is -0.506 e. The molecule has 0 aliphatic carbocycles. The average molecular weight is 337 g/mol. The van der Waals surface area contributed by atoms with Gasteiger partial charge in [-0.1, -0.05) is 55.3 Å².